The second-order valence-electron chi connectivity index (χ2n) is 6.84. The fourth-order valence-electron chi connectivity index (χ4n) is 3.17. The summed E-state index contributed by atoms with van der Waals surface area (Å²) in [5.41, 5.74) is 0.999. The Kier molecular flexibility index (Phi) is 5.95. The number of hydrogen-bond acceptors (Lipinski definition) is 5. The van der Waals surface area contributed by atoms with Crippen LogP contribution in [0, 0.1) is 22.9 Å². The topological polar surface area (TPSA) is 92.6 Å². The molecule has 0 aromatic heterocycles. The van der Waals surface area contributed by atoms with Gasteiger partial charge in [0.15, 0.2) is 0 Å². The number of anilines is 1. The van der Waals surface area contributed by atoms with Gasteiger partial charge in [-0.05, 0) is 49.1 Å². The van der Waals surface area contributed by atoms with Crippen molar-refractivity contribution in [3.63, 3.8) is 0 Å². The van der Waals surface area contributed by atoms with Crippen LogP contribution in [0.5, 0.6) is 0 Å². The summed E-state index contributed by atoms with van der Waals surface area (Å²) in [6.07, 6.45) is 2.55. The lowest BCUT2D eigenvalue weighted by atomic mass is 10.1. The van der Waals surface area contributed by atoms with E-state index in [1.165, 1.54) is 22.5 Å². The third-order valence-electron chi connectivity index (χ3n) is 4.84. The van der Waals surface area contributed by atoms with Gasteiger partial charge in [-0.25, -0.2) is 12.8 Å². The number of nitrogens with one attached hydrogen (secondary N) is 1. The Hall–Kier alpha value is -2.52. The zero-order valence-corrected chi connectivity index (χ0v) is 16.3. The quantitative estimate of drug-likeness (QED) is 0.580. The number of benzene rings is 2. The number of nitro groups is 1. The van der Waals surface area contributed by atoms with Gasteiger partial charge in [-0.15, -0.1) is 0 Å². The van der Waals surface area contributed by atoms with Crippen LogP contribution in [-0.2, 0) is 16.6 Å². The maximum absolute atomic E-state index is 13.7. The van der Waals surface area contributed by atoms with Crippen LogP contribution in [0.4, 0.5) is 15.8 Å². The number of nitrogens with zero attached hydrogens (tertiary/aromatic N) is 2. The Morgan fingerprint density at radius 2 is 1.86 bits per heavy atom. The Balaban J connectivity index is 1.84. The summed E-state index contributed by atoms with van der Waals surface area (Å²) in [6.45, 7) is 2.68. The fourth-order valence-corrected chi connectivity index (χ4v) is 4.71. The molecule has 2 aromatic carbocycles. The van der Waals surface area contributed by atoms with E-state index in [1.54, 1.807) is 19.1 Å². The molecule has 1 N–H and O–H groups in total. The van der Waals surface area contributed by atoms with Crippen LogP contribution >= 0.6 is 0 Å². The molecule has 0 atom stereocenters. The number of nitro benzene ring substituents is 1. The highest BCUT2D eigenvalue weighted by molar-refractivity contribution is 7.89. The SMILES string of the molecule is Cc1ccc(CNc2ccc(S(=O)(=O)N3CCCCC3)cc2[N+](=O)[O-])cc1F. The first kappa shape index (κ1) is 20.2. The minimum absolute atomic E-state index is 0.0898. The fraction of sp³-hybridized carbons (Fsp3) is 0.368. The zero-order chi connectivity index (χ0) is 20.3. The largest absolute Gasteiger partial charge is 0.375 e. The van der Waals surface area contributed by atoms with Crippen molar-refractivity contribution in [2.75, 3.05) is 18.4 Å². The number of aryl methyl sites for hydroxylation is 1. The Morgan fingerprint density at radius 1 is 1.14 bits per heavy atom. The maximum Gasteiger partial charge on any atom is 0.293 e. The third kappa shape index (κ3) is 4.31. The molecule has 1 aliphatic heterocycles. The maximum atomic E-state index is 13.7. The molecule has 1 heterocycles. The van der Waals surface area contributed by atoms with Gasteiger partial charge in [0, 0.05) is 25.7 Å². The van der Waals surface area contributed by atoms with Crippen molar-refractivity contribution >= 4 is 21.4 Å². The molecule has 7 nitrogen and oxygen atoms in total. The number of halogens is 1. The lowest BCUT2D eigenvalue weighted by Crippen LogP contribution is -2.35. The predicted octanol–water partition coefficient (Wildman–Crippen LogP) is 3.83. The monoisotopic (exact) mass is 407 g/mol. The van der Waals surface area contributed by atoms with E-state index in [-0.39, 0.29) is 28.6 Å². The minimum atomic E-state index is -3.76. The first-order chi connectivity index (χ1) is 13.3. The van der Waals surface area contributed by atoms with Crippen LogP contribution in [0.2, 0.25) is 0 Å². The summed E-state index contributed by atoms with van der Waals surface area (Å²) in [4.78, 5) is 10.8. The lowest BCUT2D eigenvalue weighted by Gasteiger charge is -2.25. The molecule has 0 radical (unpaired) electrons. The van der Waals surface area contributed by atoms with E-state index in [2.05, 4.69) is 5.32 Å². The van der Waals surface area contributed by atoms with Gasteiger partial charge in [0.05, 0.1) is 9.82 Å². The number of piperidine rings is 1. The highest BCUT2D eigenvalue weighted by atomic mass is 32.2. The molecule has 150 valence electrons. The van der Waals surface area contributed by atoms with Gasteiger partial charge in [-0.1, -0.05) is 18.6 Å². The van der Waals surface area contributed by atoms with Crippen molar-refractivity contribution in [2.24, 2.45) is 0 Å². The standard InChI is InChI=1S/C19H22FN3O4S/c1-14-5-6-15(11-17(14)20)13-21-18-8-7-16(12-19(18)23(24)25)28(26,27)22-9-3-2-4-10-22/h5-8,11-12,21H,2-4,9-10,13H2,1H3. The molecule has 0 spiro atoms. The Morgan fingerprint density at radius 3 is 2.50 bits per heavy atom. The number of sulfonamides is 1. The van der Waals surface area contributed by atoms with Crippen LogP contribution in [-0.4, -0.2) is 30.7 Å². The summed E-state index contributed by atoms with van der Waals surface area (Å²) in [7, 11) is -3.76. The lowest BCUT2D eigenvalue weighted by molar-refractivity contribution is -0.384. The summed E-state index contributed by atoms with van der Waals surface area (Å²) >= 11 is 0. The average Bonchev–Trinajstić information content (AvgIpc) is 2.69. The molecule has 28 heavy (non-hydrogen) atoms. The zero-order valence-electron chi connectivity index (χ0n) is 15.5. The molecule has 1 saturated heterocycles. The van der Waals surface area contributed by atoms with Gasteiger partial charge in [0.1, 0.15) is 11.5 Å². The summed E-state index contributed by atoms with van der Waals surface area (Å²) in [5, 5.41) is 14.4. The van der Waals surface area contributed by atoms with Gasteiger partial charge in [-0.3, -0.25) is 10.1 Å². The smallest absolute Gasteiger partial charge is 0.293 e. The summed E-state index contributed by atoms with van der Waals surface area (Å²) in [5.74, 6) is -0.350. The molecule has 3 rings (SSSR count). The molecule has 2 aromatic rings. The van der Waals surface area contributed by atoms with Crippen molar-refractivity contribution < 1.29 is 17.7 Å². The van der Waals surface area contributed by atoms with E-state index < -0.39 is 14.9 Å². The average molecular weight is 407 g/mol. The molecule has 0 aliphatic carbocycles. The molecule has 1 aliphatic rings. The van der Waals surface area contributed by atoms with E-state index in [4.69, 9.17) is 0 Å². The molecule has 0 saturated carbocycles. The number of rotatable bonds is 6. The summed E-state index contributed by atoms with van der Waals surface area (Å²) < 4.78 is 40.6. The molecule has 0 bridgehead atoms. The van der Waals surface area contributed by atoms with E-state index in [0.29, 0.717) is 24.2 Å². The molecule has 0 unspecified atom stereocenters. The van der Waals surface area contributed by atoms with E-state index in [9.17, 15) is 22.9 Å². The minimum Gasteiger partial charge on any atom is -0.375 e. The van der Waals surface area contributed by atoms with Gasteiger partial charge in [0.2, 0.25) is 10.0 Å². The van der Waals surface area contributed by atoms with Crippen LogP contribution in [0.3, 0.4) is 0 Å². The highest BCUT2D eigenvalue weighted by Gasteiger charge is 2.28. The van der Waals surface area contributed by atoms with Gasteiger partial charge < -0.3 is 5.32 Å². The summed E-state index contributed by atoms with van der Waals surface area (Å²) in [6, 6.07) is 8.57. The first-order valence-electron chi connectivity index (χ1n) is 9.06. The molecule has 0 amide bonds. The van der Waals surface area contributed by atoms with Crippen LogP contribution in [0.1, 0.15) is 30.4 Å². The van der Waals surface area contributed by atoms with Crippen molar-refractivity contribution in [1.29, 1.82) is 0 Å². The second kappa shape index (κ2) is 8.24. The van der Waals surface area contributed by atoms with E-state index >= 15 is 0 Å². The van der Waals surface area contributed by atoms with Crippen molar-refractivity contribution in [3.8, 4) is 0 Å². The Bertz CT molecular complexity index is 989. The van der Waals surface area contributed by atoms with E-state index in [1.807, 2.05) is 0 Å². The first-order valence-corrected chi connectivity index (χ1v) is 10.5. The van der Waals surface area contributed by atoms with Gasteiger partial charge in [-0.2, -0.15) is 4.31 Å². The molecule has 9 heteroatoms. The van der Waals surface area contributed by atoms with E-state index in [0.717, 1.165) is 25.3 Å². The third-order valence-corrected chi connectivity index (χ3v) is 6.73. The number of hydrogen-bond donors (Lipinski definition) is 1. The van der Waals surface area contributed by atoms with Gasteiger partial charge >= 0.3 is 0 Å². The predicted molar refractivity (Wildman–Crippen MR) is 104 cm³/mol. The highest BCUT2D eigenvalue weighted by Crippen LogP contribution is 2.30. The Labute approximate surface area is 163 Å². The van der Waals surface area contributed by atoms with Gasteiger partial charge in [0.25, 0.3) is 5.69 Å². The second-order valence-corrected chi connectivity index (χ2v) is 8.78. The molecular formula is C19H22FN3O4S. The molecular weight excluding hydrogens is 385 g/mol. The molecule has 1 fully saturated rings. The van der Waals surface area contributed by atoms with Crippen LogP contribution in [0.25, 0.3) is 0 Å². The van der Waals surface area contributed by atoms with Crippen LogP contribution < -0.4 is 5.32 Å². The van der Waals surface area contributed by atoms with Crippen LogP contribution in [0.15, 0.2) is 41.3 Å². The van der Waals surface area contributed by atoms with Crippen molar-refractivity contribution in [2.45, 2.75) is 37.6 Å². The normalized spacial score (nSPS) is 15.4. The van der Waals surface area contributed by atoms with Crippen molar-refractivity contribution in [1.82, 2.24) is 4.31 Å². The van der Waals surface area contributed by atoms with Crippen molar-refractivity contribution in [3.05, 3.63) is 63.5 Å².